The second-order valence-corrected chi connectivity index (χ2v) is 5.64. The van der Waals surface area contributed by atoms with Gasteiger partial charge in [0.25, 0.3) is 0 Å². The van der Waals surface area contributed by atoms with E-state index < -0.39 is 0 Å². The fourth-order valence-corrected chi connectivity index (χ4v) is 2.66. The largest absolute Gasteiger partial charge is 0.326 e. The monoisotopic (exact) mass is 333 g/mol. The zero-order chi connectivity index (χ0) is 14.4. The SMILES string of the molecule is CCN(Cc1ccncc1)Cc1ccc(CN)cc1Br. The van der Waals surface area contributed by atoms with Crippen LogP contribution in [0.1, 0.15) is 23.6 Å². The minimum Gasteiger partial charge on any atom is -0.326 e. The summed E-state index contributed by atoms with van der Waals surface area (Å²) in [5.41, 5.74) is 9.39. The summed E-state index contributed by atoms with van der Waals surface area (Å²) < 4.78 is 1.13. The van der Waals surface area contributed by atoms with Crippen molar-refractivity contribution in [1.82, 2.24) is 9.88 Å². The lowest BCUT2D eigenvalue weighted by molar-refractivity contribution is 0.271. The first-order chi connectivity index (χ1) is 9.72. The van der Waals surface area contributed by atoms with Gasteiger partial charge in [-0.2, -0.15) is 0 Å². The Balaban J connectivity index is 2.06. The lowest BCUT2D eigenvalue weighted by Gasteiger charge is -2.21. The van der Waals surface area contributed by atoms with Crippen molar-refractivity contribution >= 4 is 15.9 Å². The van der Waals surface area contributed by atoms with Crippen molar-refractivity contribution in [2.45, 2.75) is 26.6 Å². The van der Waals surface area contributed by atoms with Crippen molar-refractivity contribution in [3.05, 3.63) is 63.9 Å². The van der Waals surface area contributed by atoms with Crippen LogP contribution in [0.25, 0.3) is 0 Å². The van der Waals surface area contributed by atoms with Crippen molar-refractivity contribution in [1.29, 1.82) is 0 Å². The highest BCUT2D eigenvalue weighted by Crippen LogP contribution is 2.21. The van der Waals surface area contributed by atoms with Gasteiger partial charge in [0.15, 0.2) is 0 Å². The molecule has 0 fully saturated rings. The molecule has 0 saturated heterocycles. The van der Waals surface area contributed by atoms with Crippen molar-refractivity contribution < 1.29 is 0 Å². The molecule has 0 spiro atoms. The molecular formula is C16H20BrN3. The second kappa shape index (κ2) is 7.53. The maximum absolute atomic E-state index is 5.66. The highest BCUT2D eigenvalue weighted by atomic mass is 79.9. The van der Waals surface area contributed by atoms with Gasteiger partial charge in [-0.3, -0.25) is 9.88 Å². The molecule has 20 heavy (non-hydrogen) atoms. The number of nitrogens with two attached hydrogens (primary N) is 1. The Morgan fingerprint density at radius 1 is 1.10 bits per heavy atom. The highest BCUT2D eigenvalue weighted by Gasteiger charge is 2.08. The van der Waals surface area contributed by atoms with Crippen LogP contribution in [0.4, 0.5) is 0 Å². The molecule has 0 aliphatic rings. The molecule has 0 amide bonds. The van der Waals surface area contributed by atoms with E-state index in [0.717, 1.165) is 29.7 Å². The van der Waals surface area contributed by atoms with Gasteiger partial charge in [-0.15, -0.1) is 0 Å². The Morgan fingerprint density at radius 3 is 2.45 bits per heavy atom. The summed E-state index contributed by atoms with van der Waals surface area (Å²) in [7, 11) is 0. The third kappa shape index (κ3) is 4.13. The van der Waals surface area contributed by atoms with Crippen LogP contribution in [0.3, 0.4) is 0 Å². The van der Waals surface area contributed by atoms with Gasteiger partial charge in [-0.25, -0.2) is 0 Å². The van der Waals surface area contributed by atoms with Crippen LogP contribution in [0.2, 0.25) is 0 Å². The average molecular weight is 334 g/mol. The topological polar surface area (TPSA) is 42.2 Å². The molecule has 2 aromatic rings. The number of pyridine rings is 1. The smallest absolute Gasteiger partial charge is 0.0271 e. The lowest BCUT2D eigenvalue weighted by atomic mass is 10.1. The third-order valence-corrected chi connectivity index (χ3v) is 4.09. The van der Waals surface area contributed by atoms with Gasteiger partial charge in [-0.1, -0.05) is 35.0 Å². The van der Waals surface area contributed by atoms with Gasteiger partial charge in [0.05, 0.1) is 0 Å². The Bertz CT molecular complexity index is 543. The van der Waals surface area contributed by atoms with E-state index in [4.69, 9.17) is 5.73 Å². The number of benzene rings is 1. The summed E-state index contributed by atoms with van der Waals surface area (Å²) in [6.45, 7) is 5.62. The van der Waals surface area contributed by atoms with Crippen LogP contribution in [0.15, 0.2) is 47.2 Å². The van der Waals surface area contributed by atoms with Gasteiger partial charge in [0.2, 0.25) is 0 Å². The minimum absolute atomic E-state index is 0.577. The molecule has 2 N–H and O–H groups in total. The lowest BCUT2D eigenvalue weighted by Crippen LogP contribution is -2.22. The molecule has 2 rings (SSSR count). The minimum atomic E-state index is 0.577. The van der Waals surface area contributed by atoms with Crippen LogP contribution < -0.4 is 5.73 Å². The van der Waals surface area contributed by atoms with Crippen molar-refractivity contribution in [3.63, 3.8) is 0 Å². The molecule has 0 bridgehead atoms. The molecule has 0 aliphatic carbocycles. The molecule has 0 atom stereocenters. The molecule has 0 aliphatic heterocycles. The molecule has 1 aromatic heterocycles. The van der Waals surface area contributed by atoms with E-state index >= 15 is 0 Å². The van der Waals surface area contributed by atoms with Gasteiger partial charge >= 0.3 is 0 Å². The van der Waals surface area contributed by atoms with E-state index in [1.807, 2.05) is 12.4 Å². The normalized spacial score (nSPS) is 11.0. The Labute approximate surface area is 129 Å². The molecule has 0 saturated carbocycles. The molecule has 106 valence electrons. The summed E-state index contributed by atoms with van der Waals surface area (Å²) >= 11 is 3.64. The van der Waals surface area contributed by atoms with Crippen LogP contribution >= 0.6 is 15.9 Å². The second-order valence-electron chi connectivity index (χ2n) is 4.79. The van der Waals surface area contributed by atoms with E-state index in [0.29, 0.717) is 6.54 Å². The molecule has 1 heterocycles. The van der Waals surface area contributed by atoms with Crippen molar-refractivity contribution in [2.75, 3.05) is 6.54 Å². The fraction of sp³-hybridized carbons (Fsp3) is 0.312. The van der Waals surface area contributed by atoms with Crippen molar-refractivity contribution in [2.24, 2.45) is 5.73 Å². The van der Waals surface area contributed by atoms with Crippen LogP contribution in [-0.4, -0.2) is 16.4 Å². The first kappa shape index (κ1) is 15.2. The molecule has 4 heteroatoms. The quantitative estimate of drug-likeness (QED) is 0.881. The summed E-state index contributed by atoms with van der Waals surface area (Å²) in [4.78, 5) is 6.46. The van der Waals surface area contributed by atoms with E-state index in [2.05, 4.69) is 63.1 Å². The molecule has 1 aromatic carbocycles. The summed E-state index contributed by atoms with van der Waals surface area (Å²) in [6.07, 6.45) is 3.68. The number of aromatic nitrogens is 1. The number of hydrogen-bond acceptors (Lipinski definition) is 3. The molecule has 3 nitrogen and oxygen atoms in total. The first-order valence-electron chi connectivity index (χ1n) is 6.81. The zero-order valence-electron chi connectivity index (χ0n) is 11.7. The molecule has 0 radical (unpaired) electrons. The number of rotatable bonds is 6. The Morgan fingerprint density at radius 2 is 1.85 bits per heavy atom. The fourth-order valence-electron chi connectivity index (χ4n) is 2.11. The van der Waals surface area contributed by atoms with Crippen LogP contribution in [0, 0.1) is 0 Å². The van der Waals surface area contributed by atoms with Gasteiger partial charge < -0.3 is 5.73 Å². The highest BCUT2D eigenvalue weighted by molar-refractivity contribution is 9.10. The van der Waals surface area contributed by atoms with Crippen LogP contribution in [-0.2, 0) is 19.6 Å². The number of hydrogen-bond donors (Lipinski definition) is 1. The van der Waals surface area contributed by atoms with E-state index in [9.17, 15) is 0 Å². The van der Waals surface area contributed by atoms with E-state index in [1.165, 1.54) is 11.1 Å². The maximum atomic E-state index is 5.66. The zero-order valence-corrected chi connectivity index (χ0v) is 13.3. The number of nitrogens with zero attached hydrogens (tertiary/aromatic N) is 2. The predicted molar refractivity (Wildman–Crippen MR) is 86.1 cm³/mol. The van der Waals surface area contributed by atoms with Crippen molar-refractivity contribution in [3.8, 4) is 0 Å². The first-order valence-corrected chi connectivity index (χ1v) is 7.61. The third-order valence-electron chi connectivity index (χ3n) is 3.35. The summed E-state index contributed by atoms with van der Waals surface area (Å²) in [6, 6.07) is 10.5. The summed E-state index contributed by atoms with van der Waals surface area (Å²) in [5, 5.41) is 0. The molecular weight excluding hydrogens is 314 g/mol. The maximum Gasteiger partial charge on any atom is 0.0271 e. The molecule has 0 unspecified atom stereocenters. The van der Waals surface area contributed by atoms with E-state index in [1.54, 1.807) is 0 Å². The van der Waals surface area contributed by atoms with Gasteiger partial charge in [0.1, 0.15) is 0 Å². The Kier molecular flexibility index (Phi) is 5.71. The number of halogens is 1. The summed E-state index contributed by atoms with van der Waals surface area (Å²) in [5.74, 6) is 0. The van der Waals surface area contributed by atoms with Gasteiger partial charge in [-0.05, 0) is 41.4 Å². The standard InChI is InChI=1S/C16H20BrN3/c1-2-20(11-13-5-7-19-8-6-13)12-15-4-3-14(10-18)9-16(15)17/h3-9H,2,10-12,18H2,1H3. The van der Waals surface area contributed by atoms with E-state index in [-0.39, 0.29) is 0 Å². The predicted octanol–water partition coefficient (Wildman–Crippen LogP) is 3.32. The van der Waals surface area contributed by atoms with Gasteiger partial charge in [0, 0.05) is 36.5 Å². The Hall–Kier alpha value is -1.23. The average Bonchev–Trinajstić information content (AvgIpc) is 2.49. The van der Waals surface area contributed by atoms with Crippen LogP contribution in [0.5, 0.6) is 0 Å².